The van der Waals surface area contributed by atoms with Gasteiger partial charge in [0.15, 0.2) is 17.2 Å². The molecular weight excluding hydrogens is 270 g/mol. The van der Waals surface area contributed by atoms with Crippen molar-refractivity contribution in [3.63, 3.8) is 0 Å². The zero-order valence-corrected chi connectivity index (χ0v) is 12.6. The van der Waals surface area contributed by atoms with E-state index in [1.165, 1.54) is 4.52 Å². The zero-order chi connectivity index (χ0) is 15.6. The molecule has 0 spiro atoms. The molecule has 8 heteroatoms. The quantitative estimate of drug-likeness (QED) is 0.802. The number of rotatable bonds is 5. The summed E-state index contributed by atoms with van der Waals surface area (Å²) < 4.78 is 6.73. The molecule has 0 fully saturated rings. The highest BCUT2D eigenvalue weighted by Gasteiger charge is 2.20. The first-order valence-corrected chi connectivity index (χ1v) is 6.37. The molecule has 2 aromatic heterocycles. The largest absolute Gasteiger partial charge is 0.493 e. The Morgan fingerprint density at radius 1 is 1.48 bits per heavy atom. The molecule has 0 unspecified atom stereocenters. The predicted octanol–water partition coefficient (Wildman–Crippen LogP) is 1.34. The number of allylic oxidation sites excluding steroid dienone is 1. The Morgan fingerprint density at radius 2 is 2.19 bits per heavy atom. The van der Waals surface area contributed by atoms with Gasteiger partial charge < -0.3 is 20.7 Å². The minimum Gasteiger partial charge on any atom is -0.493 e. The SMILES string of the molecule is C=CN(C)c1c(NC)nc(N)n2nc(/C(=C/C)OC)nc12. The van der Waals surface area contributed by atoms with Crippen molar-refractivity contribution in [2.75, 3.05) is 37.2 Å². The number of hydrogen-bond acceptors (Lipinski definition) is 7. The third-order valence-electron chi connectivity index (χ3n) is 3.05. The molecule has 0 aliphatic heterocycles. The van der Waals surface area contributed by atoms with Crippen molar-refractivity contribution in [3.8, 4) is 0 Å². The van der Waals surface area contributed by atoms with E-state index in [2.05, 4.69) is 27.0 Å². The van der Waals surface area contributed by atoms with Crippen LogP contribution >= 0.6 is 0 Å². The summed E-state index contributed by atoms with van der Waals surface area (Å²) in [4.78, 5) is 10.6. The second-order valence-electron chi connectivity index (χ2n) is 4.24. The lowest BCUT2D eigenvalue weighted by molar-refractivity contribution is 0.365. The summed E-state index contributed by atoms with van der Waals surface area (Å²) in [6.45, 7) is 5.61. The van der Waals surface area contributed by atoms with Crippen molar-refractivity contribution in [2.45, 2.75) is 6.92 Å². The molecule has 0 aliphatic rings. The van der Waals surface area contributed by atoms with Gasteiger partial charge in [-0.05, 0) is 19.2 Å². The number of nitrogens with zero attached hydrogens (tertiary/aromatic N) is 5. The molecule has 0 amide bonds. The van der Waals surface area contributed by atoms with Crippen LogP contribution in [0.25, 0.3) is 11.4 Å². The normalized spacial score (nSPS) is 11.5. The Morgan fingerprint density at radius 3 is 2.71 bits per heavy atom. The number of fused-ring (bicyclic) bond motifs is 1. The van der Waals surface area contributed by atoms with Crippen LogP contribution in [0.15, 0.2) is 18.9 Å². The van der Waals surface area contributed by atoms with Crippen LogP contribution in [0, 0.1) is 0 Å². The summed E-state index contributed by atoms with van der Waals surface area (Å²) >= 11 is 0. The smallest absolute Gasteiger partial charge is 0.225 e. The number of hydrogen-bond donors (Lipinski definition) is 2. The monoisotopic (exact) mass is 289 g/mol. The van der Waals surface area contributed by atoms with Gasteiger partial charge in [0, 0.05) is 14.1 Å². The fourth-order valence-corrected chi connectivity index (χ4v) is 1.98. The number of nitrogens with two attached hydrogens (primary N) is 1. The van der Waals surface area contributed by atoms with Crippen molar-refractivity contribution < 1.29 is 4.74 Å². The first-order chi connectivity index (χ1) is 10.1. The molecule has 2 heterocycles. The van der Waals surface area contributed by atoms with E-state index < -0.39 is 0 Å². The van der Waals surface area contributed by atoms with Crippen LogP contribution in [0.1, 0.15) is 12.7 Å². The second-order valence-corrected chi connectivity index (χ2v) is 4.24. The highest BCUT2D eigenvalue weighted by molar-refractivity contribution is 5.83. The van der Waals surface area contributed by atoms with Crippen LogP contribution in [-0.2, 0) is 4.74 Å². The number of aromatic nitrogens is 4. The molecular formula is C13H19N7O. The third-order valence-corrected chi connectivity index (χ3v) is 3.05. The van der Waals surface area contributed by atoms with Gasteiger partial charge in [-0.1, -0.05) is 6.58 Å². The van der Waals surface area contributed by atoms with E-state index in [0.717, 1.165) is 5.69 Å². The van der Waals surface area contributed by atoms with Gasteiger partial charge in [0.1, 0.15) is 5.69 Å². The Bertz CT molecular complexity index is 704. The van der Waals surface area contributed by atoms with Crippen molar-refractivity contribution in [3.05, 3.63) is 24.7 Å². The minimum absolute atomic E-state index is 0.237. The van der Waals surface area contributed by atoms with Crippen molar-refractivity contribution in [1.29, 1.82) is 0 Å². The maximum Gasteiger partial charge on any atom is 0.225 e. The van der Waals surface area contributed by atoms with Crippen LogP contribution in [0.5, 0.6) is 0 Å². The van der Waals surface area contributed by atoms with Crippen LogP contribution in [0.4, 0.5) is 17.5 Å². The number of nitrogens with one attached hydrogen (secondary N) is 1. The molecule has 0 aromatic carbocycles. The number of ether oxygens (including phenoxy) is 1. The molecule has 3 N–H and O–H groups in total. The zero-order valence-electron chi connectivity index (χ0n) is 12.6. The third kappa shape index (κ3) is 2.35. The van der Waals surface area contributed by atoms with Gasteiger partial charge in [0.25, 0.3) is 0 Å². The Labute approximate surface area is 122 Å². The van der Waals surface area contributed by atoms with Crippen molar-refractivity contribution in [1.82, 2.24) is 19.6 Å². The lowest BCUT2D eigenvalue weighted by Crippen LogP contribution is -2.15. The van der Waals surface area contributed by atoms with Crippen LogP contribution in [0.3, 0.4) is 0 Å². The van der Waals surface area contributed by atoms with E-state index in [1.54, 1.807) is 31.3 Å². The summed E-state index contributed by atoms with van der Waals surface area (Å²) in [5.41, 5.74) is 7.24. The average Bonchev–Trinajstić information content (AvgIpc) is 2.92. The fourth-order valence-electron chi connectivity index (χ4n) is 1.98. The Balaban J connectivity index is 2.80. The van der Waals surface area contributed by atoms with Crippen molar-refractivity contribution in [2.24, 2.45) is 0 Å². The van der Waals surface area contributed by atoms with Gasteiger partial charge in [-0.25, -0.2) is 4.98 Å². The summed E-state index contributed by atoms with van der Waals surface area (Å²) in [7, 11) is 5.18. The molecule has 2 aromatic rings. The highest BCUT2D eigenvalue weighted by atomic mass is 16.5. The van der Waals surface area contributed by atoms with Gasteiger partial charge >= 0.3 is 0 Å². The highest BCUT2D eigenvalue weighted by Crippen LogP contribution is 2.30. The molecule has 112 valence electrons. The minimum atomic E-state index is 0.237. The van der Waals surface area contributed by atoms with Crippen LogP contribution in [-0.4, -0.2) is 40.8 Å². The summed E-state index contributed by atoms with van der Waals surface area (Å²) in [6.07, 6.45) is 3.45. The molecule has 0 radical (unpaired) electrons. The topological polar surface area (TPSA) is 93.6 Å². The first-order valence-electron chi connectivity index (χ1n) is 6.37. The fraction of sp³-hybridized carbons (Fsp3) is 0.308. The molecule has 0 aliphatic carbocycles. The Hall–Kier alpha value is -2.77. The lowest BCUT2D eigenvalue weighted by atomic mass is 10.4. The molecule has 0 atom stereocenters. The van der Waals surface area contributed by atoms with Crippen LogP contribution in [0.2, 0.25) is 0 Å². The van der Waals surface area contributed by atoms with Gasteiger partial charge in [-0.2, -0.15) is 9.50 Å². The number of methoxy groups -OCH3 is 1. The first kappa shape index (κ1) is 14.6. The van der Waals surface area contributed by atoms with Gasteiger partial charge in [-0.3, -0.25) is 0 Å². The maximum atomic E-state index is 5.94. The molecule has 0 saturated heterocycles. The van der Waals surface area contributed by atoms with Crippen LogP contribution < -0.4 is 16.0 Å². The summed E-state index contributed by atoms with van der Waals surface area (Å²) in [6, 6.07) is 0. The predicted molar refractivity (Wildman–Crippen MR) is 84.0 cm³/mol. The van der Waals surface area contributed by atoms with E-state index >= 15 is 0 Å². The summed E-state index contributed by atoms with van der Waals surface area (Å²) in [5, 5.41) is 7.35. The lowest BCUT2D eigenvalue weighted by Gasteiger charge is -2.17. The maximum absolute atomic E-state index is 5.94. The van der Waals surface area contributed by atoms with Gasteiger partial charge in [0.05, 0.1) is 7.11 Å². The molecule has 0 bridgehead atoms. The van der Waals surface area contributed by atoms with E-state index in [0.29, 0.717) is 23.0 Å². The average molecular weight is 289 g/mol. The van der Waals surface area contributed by atoms with E-state index in [1.807, 2.05) is 14.0 Å². The van der Waals surface area contributed by atoms with Crippen molar-refractivity contribution >= 4 is 28.9 Å². The van der Waals surface area contributed by atoms with E-state index in [9.17, 15) is 0 Å². The molecule has 0 saturated carbocycles. The Kier molecular flexibility index (Phi) is 3.97. The summed E-state index contributed by atoms with van der Waals surface area (Å²) in [5.74, 6) is 1.85. The second kappa shape index (κ2) is 5.70. The molecule has 21 heavy (non-hydrogen) atoms. The standard InChI is InChI=1S/C13H19N7O/c1-6-8(21-5)10-16-12-9(19(4)7-2)11(15-3)17-13(14)20(12)18-10/h6-7,15H,2H2,1,3-5H3,(H2,14,17)/b8-6-. The molecule has 2 rings (SSSR count). The van der Waals surface area contributed by atoms with Gasteiger partial charge in [-0.15, -0.1) is 5.10 Å². The number of nitrogen functional groups attached to an aromatic ring is 1. The van der Waals surface area contributed by atoms with E-state index in [-0.39, 0.29) is 5.95 Å². The molecule has 8 nitrogen and oxygen atoms in total. The van der Waals surface area contributed by atoms with E-state index in [4.69, 9.17) is 10.5 Å². The van der Waals surface area contributed by atoms with Gasteiger partial charge in [0.2, 0.25) is 11.8 Å². The number of anilines is 3.